The number of hydrogen-bond acceptors (Lipinski definition) is 6. The predicted molar refractivity (Wildman–Crippen MR) is 165 cm³/mol. The van der Waals surface area contributed by atoms with Crippen molar-refractivity contribution in [1.82, 2.24) is 9.80 Å². The zero-order chi connectivity index (χ0) is 30.5. The van der Waals surface area contributed by atoms with Gasteiger partial charge in [0.25, 0.3) is 5.91 Å². The number of para-hydroxylation sites is 1. The first-order valence-corrected chi connectivity index (χ1v) is 14.9. The van der Waals surface area contributed by atoms with Gasteiger partial charge < -0.3 is 35.0 Å². The van der Waals surface area contributed by atoms with E-state index < -0.39 is 12.1 Å². The van der Waals surface area contributed by atoms with Gasteiger partial charge >= 0.3 is 6.03 Å². The van der Waals surface area contributed by atoms with Crippen LogP contribution in [-0.2, 0) is 9.53 Å². The van der Waals surface area contributed by atoms with Crippen molar-refractivity contribution in [2.24, 2.45) is 11.8 Å². The summed E-state index contributed by atoms with van der Waals surface area (Å²) in [5.41, 5.74) is 1.41. The number of carbonyl (C=O) groups excluding carboxylic acids is 3. The smallest absolute Gasteiger partial charge is 0.321 e. The molecule has 3 aromatic rings. The van der Waals surface area contributed by atoms with E-state index in [2.05, 4.69) is 10.6 Å². The van der Waals surface area contributed by atoms with E-state index in [1.54, 1.807) is 42.0 Å². The standard InChI is InChI=1S/C33H40N4O6/c1-21-18-37(22(2)20-38)32(40)26-11-7-13-28(34-31(39)24-14-16-42-17-15-24)30(26)43-29(21)19-36(3)33(41)35-27-12-6-9-23-8-4-5-10-25(23)27/h4-13,21-22,24,29,38H,14-20H2,1-3H3,(H,34,39)(H,35,41)/t21-,22+,29-/m0/s1. The molecule has 2 heterocycles. The molecule has 3 aromatic carbocycles. The van der Waals surface area contributed by atoms with Crippen LogP contribution in [0.3, 0.4) is 0 Å². The molecular formula is C33H40N4O6. The second-order valence-corrected chi connectivity index (χ2v) is 11.5. The first-order chi connectivity index (χ1) is 20.8. The van der Waals surface area contributed by atoms with Crippen molar-refractivity contribution in [3.8, 4) is 5.75 Å². The number of amides is 4. The van der Waals surface area contributed by atoms with Gasteiger partial charge in [-0.2, -0.15) is 0 Å². The lowest BCUT2D eigenvalue weighted by Gasteiger charge is -2.38. The van der Waals surface area contributed by atoms with Gasteiger partial charge in [0.05, 0.1) is 36.1 Å². The molecule has 3 N–H and O–H groups in total. The van der Waals surface area contributed by atoms with E-state index in [1.165, 1.54) is 0 Å². The van der Waals surface area contributed by atoms with E-state index in [9.17, 15) is 19.5 Å². The van der Waals surface area contributed by atoms with Gasteiger partial charge in [0, 0.05) is 44.0 Å². The SMILES string of the molecule is C[C@H](CO)N1C[C@H](C)[C@H](CN(C)C(=O)Nc2cccc3ccccc23)Oc2c(NC(=O)C3CCOCC3)cccc2C1=O. The molecule has 0 saturated carbocycles. The summed E-state index contributed by atoms with van der Waals surface area (Å²) >= 11 is 0. The fraction of sp³-hybridized carbons (Fsp3) is 0.424. The predicted octanol–water partition coefficient (Wildman–Crippen LogP) is 4.59. The van der Waals surface area contributed by atoms with Gasteiger partial charge in [-0.05, 0) is 43.4 Å². The molecule has 0 aromatic heterocycles. The van der Waals surface area contributed by atoms with Crippen molar-refractivity contribution in [3.63, 3.8) is 0 Å². The van der Waals surface area contributed by atoms with Crippen LogP contribution in [-0.4, -0.2) is 84.9 Å². The maximum absolute atomic E-state index is 13.8. The van der Waals surface area contributed by atoms with Crippen molar-refractivity contribution in [3.05, 3.63) is 66.2 Å². The quantitative estimate of drug-likeness (QED) is 0.372. The molecule has 0 aliphatic carbocycles. The summed E-state index contributed by atoms with van der Waals surface area (Å²) in [4.78, 5) is 43.5. The first-order valence-electron chi connectivity index (χ1n) is 14.9. The Morgan fingerprint density at radius 1 is 1.02 bits per heavy atom. The minimum atomic E-state index is -0.523. The average Bonchev–Trinajstić information content (AvgIpc) is 3.03. The van der Waals surface area contributed by atoms with Crippen LogP contribution in [0, 0.1) is 11.8 Å². The van der Waals surface area contributed by atoms with Crippen molar-refractivity contribution in [2.75, 3.05) is 50.6 Å². The molecule has 0 unspecified atom stereocenters. The van der Waals surface area contributed by atoms with Crippen LogP contribution in [0.1, 0.15) is 37.0 Å². The normalized spacial score (nSPS) is 19.9. The maximum atomic E-state index is 13.8. The number of rotatable bonds is 7. The zero-order valence-corrected chi connectivity index (χ0v) is 24.9. The molecule has 0 spiro atoms. The number of likely N-dealkylation sites (N-methyl/N-ethyl adjacent to an activating group) is 1. The number of ether oxygens (including phenoxy) is 2. The summed E-state index contributed by atoms with van der Waals surface area (Å²) in [6.07, 6.45) is 0.724. The Morgan fingerprint density at radius 3 is 2.49 bits per heavy atom. The van der Waals surface area contributed by atoms with Crippen LogP contribution < -0.4 is 15.4 Å². The van der Waals surface area contributed by atoms with Gasteiger partial charge in [0.1, 0.15) is 6.10 Å². The highest BCUT2D eigenvalue weighted by atomic mass is 16.5. The van der Waals surface area contributed by atoms with Gasteiger partial charge in [-0.25, -0.2) is 4.79 Å². The second kappa shape index (κ2) is 13.4. The van der Waals surface area contributed by atoms with E-state index in [1.807, 2.05) is 49.4 Å². The number of nitrogens with zero attached hydrogens (tertiary/aromatic N) is 2. The minimum absolute atomic E-state index is 0.147. The van der Waals surface area contributed by atoms with Crippen molar-refractivity contribution < 1.29 is 29.0 Å². The zero-order valence-electron chi connectivity index (χ0n) is 24.9. The van der Waals surface area contributed by atoms with Gasteiger partial charge in [-0.1, -0.05) is 49.4 Å². The van der Waals surface area contributed by atoms with Crippen molar-refractivity contribution >= 4 is 40.0 Å². The van der Waals surface area contributed by atoms with Crippen LogP contribution >= 0.6 is 0 Å². The average molecular weight is 589 g/mol. The Morgan fingerprint density at radius 2 is 1.72 bits per heavy atom. The number of anilines is 2. The van der Waals surface area contributed by atoms with E-state index in [-0.39, 0.29) is 48.6 Å². The third-order valence-corrected chi connectivity index (χ3v) is 8.37. The molecule has 0 radical (unpaired) electrons. The molecule has 2 aliphatic rings. The van der Waals surface area contributed by atoms with E-state index in [0.29, 0.717) is 49.5 Å². The van der Waals surface area contributed by atoms with Crippen LogP contribution in [0.4, 0.5) is 16.2 Å². The highest BCUT2D eigenvalue weighted by Gasteiger charge is 2.35. The lowest BCUT2D eigenvalue weighted by atomic mass is 9.98. The number of aliphatic hydroxyl groups excluding tert-OH is 1. The number of benzene rings is 3. The molecular weight excluding hydrogens is 548 g/mol. The lowest BCUT2D eigenvalue weighted by molar-refractivity contribution is -0.122. The first kappa shape index (κ1) is 30.3. The highest BCUT2D eigenvalue weighted by molar-refractivity contribution is 6.03. The number of nitrogens with one attached hydrogen (secondary N) is 2. The Hall–Kier alpha value is -4.15. The Kier molecular flexibility index (Phi) is 9.47. The number of urea groups is 1. The third-order valence-electron chi connectivity index (χ3n) is 8.37. The Labute approximate surface area is 251 Å². The van der Waals surface area contributed by atoms with Crippen molar-refractivity contribution in [2.45, 2.75) is 38.8 Å². The van der Waals surface area contributed by atoms with Crippen LogP contribution in [0.25, 0.3) is 10.8 Å². The highest BCUT2D eigenvalue weighted by Crippen LogP contribution is 2.35. The summed E-state index contributed by atoms with van der Waals surface area (Å²) in [6.45, 7) is 5.15. The number of carbonyl (C=O) groups is 3. The molecule has 1 fully saturated rings. The third kappa shape index (κ3) is 6.76. The van der Waals surface area contributed by atoms with Gasteiger partial charge in [0.15, 0.2) is 5.75 Å². The Balaban J connectivity index is 1.42. The maximum Gasteiger partial charge on any atom is 0.321 e. The molecule has 2 aliphatic heterocycles. The fourth-order valence-electron chi connectivity index (χ4n) is 5.65. The summed E-state index contributed by atoms with van der Waals surface area (Å²) < 4.78 is 12.0. The summed E-state index contributed by atoms with van der Waals surface area (Å²) in [5.74, 6) is -0.573. The molecule has 3 atom stereocenters. The fourth-order valence-corrected chi connectivity index (χ4v) is 5.65. The second-order valence-electron chi connectivity index (χ2n) is 11.5. The monoisotopic (exact) mass is 588 g/mol. The summed E-state index contributed by atoms with van der Waals surface area (Å²) in [6, 6.07) is 18.0. The topological polar surface area (TPSA) is 120 Å². The van der Waals surface area contributed by atoms with Crippen molar-refractivity contribution in [1.29, 1.82) is 0 Å². The van der Waals surface area contributed by atoms with Gasteiger partial charge in [-0.3, -0.25) is 9.59 Å². The Bertz CT molecular complexity index is 1470. The molecule has 4 amide bonds. The number of fused-ring (bicyclic) bond motifs is 2. The number of aliphatic hydroxyl groups is 1. The minimum Gasteiger partial charge on any atom is -0.485 e. The van der Waals surface area contributed by atoms with E-state index in [4.69, 9.17) is 9.47 Å². The van der Waals surface area contributed by atoms with E-state index in [0.717, 1.165) is 10.8 Å². The van der Waals surface area contributed by atoms with Gasteiger partial charge in [0.2, 0.25) is 5.91 Å². The van der Waals surface area contributed by atoms with Crippen LogP contribution in [0.5, 0.6) is 5.75 Å². The molecule has 0 bridgehead atoms. The summed E-state index contributed by atoms with van der Waals surface area (Å²) in [5, 5.41) is 17.9. The van der Waals surface area contributed by atoms with Crippen LogP contribution in [0.2, 0.25) is 0 Å². The largest absolute Gasteiger partial charge is 0.485 e. The molecule has 10 heteroatoms. The molecule has 10 nitrogen and oxygen atoms in total. The number of hydrogen-bond donors (Lipinski definition) is 3. The molecule has 228 valence electrons. The summed E-state index contributed by atoms with van der Waals surface area (Å²) in [7, 11) is 1.70. The lowest BCUT2D eigenvalue weighted by Crippen LogP contribution is -2.50. The molecule has 5 rings (SSSR count). The van der Waals surface area contributed by atoms with Gasteiger partial charge in [-0.15, -0.1) is 0 Å². The van der Waals surface area contributed by atoms with E-state index >= 15 is 0 Å². The molecule has 1 saturated heterocycles. The van der Waals surface area contributed by atoms with Crippen LogP contribution in [0.15, 0.2) is 60.7 Å². The molecule has 43 heavy (non-hydrogen) atoms.